The molecule has 0 bridgehead atoms. The first-order valence-electron chi connectivity index (χ1n) is 7.66. The van der Waals surface area contributed by atoms with Crippen LogP contribution in [0.15, 0.2) is 12.3 Å². The van der Waals surface area contributed by atoms with E-state index in [1.165, 1.54) is 18.0 Å². The lowest BCUT2D eigenvalue weighted by molar-refractivity contribution is -0.114. The first-order valence-corrected chi connectivity index (χ1v) is 8.04. The fraction of sp³-hybridized carbons (Fsp3) is 0.400. The number of hydrogen-bond acceptors (Lipinski definition) is 6. The van der Waals surface area contributed by atoms with Crippen LogP contribution in [0.5, 0.6) is 0 Å². The van der Waals surface area contributed by atoms with Crippen molar-refractivity contribution < 1.29 is 14.7 Å². The highest BCUT2D eigenvalue weighted by molar-refractivity contribution is 6.31. The number of carboxylic acid groups (broad SMARTS) is 1. The average Bonchev–Trinajstić information content (AvgIpc) is 3.01. The molecule has 0 aromatic carbocycles. The highest BCUT2D eigenvalue weighted by Gasteiger charge is 2.30. The van der Waals surface area contributed by atoms with Crippen LogP contribution in [-0.2, 0) is 4.79 Å². The maximum absolute atomic E-state index is 11.3. The van der Waals surface area contributed by atoms with E-state index in [1.807, 2.05) is 4.90 Å². The minimum atomic E-state index is -0.969. The van der Waals surface area contributed by atoms with E-state index in [2.05, 4.69) is 20.3 Å². The van der Waals surface area contributed by atoms with Crippen molar-refractivity contribution in [3.8, 4) is 0 Å². The molecule has 10 heteroatoms. The van der Waals surface area contributed by atoms with Crippen LogP contribution in [-0.4, -0.2) is 63.1 Å². The first-order chi connectivity index (χ1) is 11.8. The Morgan fingerprint density at radius 2 is 2.20 bits per heavy atom. The molecule has 1 unspecified atom stereocenters. The predicted molar refractivity (Wildman–Crippen MR) is 93.1 cm³/mol. The van der Waals surface area contributed by atoms with Crippen LogP contribution in [0.1, 0.15) is 13.3 Å². The molecule has 1 aliphatic rings. The van der Waals surface area contributed by atoms with Gasteiger partial charge in [-0.05, 0) is 12.5 Å². The lowest BCUT2D eigenvalue weighted by Crippen LogP contribution is -2.38. The minimum Gasteiger partial charge on any atom is -0.465 e. The van der Waals surface area contributed by atoms with Crippen LogP contribution in [0.3, 0.4) is 0 Å². The lowest BCUT2D eigenvalue weighted by Gasteiger charge is -2.23. The van der Waals surface area contributed by atoms with Crippen LogP contribution in [0, 0.1) is 0 Å². The van der Waals surface area contributed by atoms with Crippen LogP contribution in [0.4, 0.5) is 16.6 Å². The summed E-state index contributed by atoms with van der Waals surface area (Å²) in [5.74, 6) is 0.422. The van der Waals surface area contributed by atoms with E-state index < -0.39 is 6.09 Å². The van der Waals surface area contributed by atoms with Gasteiger partial charge < -0.3 is 14.9 Å². The van der Waals surface area contributed by atoms with E-state index in [1.54, 1.807) is 13.1 Å². The molecular weight excluding hydrogens is 348 g/mol. The van der Waals surface area contributed by atoms with Crippen LogP contribution in [0.25, 0.3) is 11.0 Å². The minimum absolute atomic E-state index is 0.140. The van der Waals surface area contributed by atoms with Gasteiger partial charge in [-0.2, -0.15) is 4.98 Å². The average molecular weight is 365 g/mol. The number of carbonyl (C=O) groups is 2. The largest absolute Gasteiger partial charge is 0.465 e. The molecule has 0 radical (unpaired) electrons. The summed E-state index contributed by atoms with van der Waals surface area (Å²) < 4.78 is 0. The van der Waals surface area contributed by atoms with Gasteiger partial charge in [0.1, 0.15) is 5.52 Å². The second-order valence-corrected chi connectivity index (χ2v) is 6.29. The molecule has 1 fully saturated rings. The van der Waals surface area contributed by atoms with Crippen molar-refractivity contribution in [2.75, 3.05) is 30.4 Å². The molecule has 1 atom stereocenters. The van der Waals surface area contributed by atoms with Crippen LogP contribution >= 0.6 is 11.6 Å². The molecule has 0 saturated carbocycles. The van der Waals surface area contributed by atoms with Gasteiger partial charge in [0.15, 0.2) is 5.82 Å². The zero-order valence-electron chi connectivity index (χ0n) is 13.7. The fourth-order valence-electron chi connectivity index (χ4n) is 2.82. The maximum Gasteiger partial charge on any atom is 0.407 e. The van der Waals surface area contributed by atoms with Gasteiger partial charge >= 0.3 is 6.09 Å². The van der Waals surface area contributed by atoms with E-state index in [-0.39, 0.29) is 17.9 Å². The van der Waals surface area contributed by atoms with Crippen LogP contribution in [0.2, 0.25) is 5.02 Å². The molecule has 1 aliphatic heterocycles. The first kappa shape index (κ1) is 17.2. The van der Waals surface area contributed by atoms with E-state index in [4.69, 9.17) is 16.7 Å². The summed E-state index contributed by atoms with van der Waals surface area (Å²) >= 11 is 5.99. The fourth-order valence-corrected chi connectivity index (χ4v) is 2.97. The standard InChI is InChI=1S/C15H17ClN6O3/c1-8(23)18-14-19-11-5-9(16)6-17-12(11)13(20-14)22-4-3-10(7-22)21(2)15(24)25/h5-6,10H,3-4,7H2,1-2H3,(H,24,25)(H,18,19,20,23). The van der Waals surface area contributed by atoms with Crippen molar-refractivity contribution in [2.45, 2.75) is 19.4 Å². The SMILES string of the molecule is CC(=O)Nc1nc(N2CCC(N(C)C(=O)O)C2)c2ncc(Cl)cc2n1. The molecular formula is C15H17ClN6O3. The number of fused-ring (bicyclic) bond motifs is 1. The Hall–Kier alpha value is -2.68. The summed E-state index contributed by atoms with van der Waals surface area (Å²) in [6.45, 7) is 2.48. The summed E-state index contributed by atoms with van der Waals surface area (Å²) in [6.07, 6.45) is 1.21. The second-order valence-electron chi connectivity index (χ2n) is 5.86. The molecule has 2 amide bonds. The summed E-state index contributed by atoms with van der Waals surface area (Å²) in [4.78, 5) is 38.7. The molecule has 25 heavy (non-hydrogen) atoms. The topological polar surface area (TPSA) is 112 Å². The number of nitrogens with one attached hydrogen (secondary N) is 1. The quantitative estimate of drug-likeness (QED) is 0.854. The predicted octanol–water partition coefficient (Wildman–Crippen LogP) is 1.83. The van der Waals surface area contributed by atoms with Crippen molar-refractivity contribution in [1.29, 1.82) is 0 Å². The Morgan fingerprint density at radius 3 is 2.88 bits per heavy atom. The highest BCUT2D eigenvalue weighted by Crippen LogP contribution is 2.29. The van der Waals surface area contributed by atoms with Crippen molar-refractivity contribution >= 4 is 46.4 Å². The molecule has 132 valence electrons. The van der Waals surface area contributed by atoms with Crippen molar-refractivity contribution in [1.82, 2.24) is 19.9 Å². The summed E-state index contributed by atoms with van der Waals surface area (Å²) in [5, 5.41) is 12.1. The zero-order chi connectivity index (χ0) is 18.1. The van der Waals surface area contributed by atoms with E-state index >= 15 is 0 Å². The third kappa shape index (κ3) is 3.55. The van der Waals surface area contributed by atoms with E-state index in [0.717, 1.165) is 0 Å². The number of anilines is 2. The monoisotopic (exact) mass is 364 g/mol. The number of halogens is 1. The molecule has 2 aromatic heterocycles. The highest BCUT2D eigenvalue weighted by atomic mass is 35.5. The Kier molecular flexibility index (Phi) is 4.58. The second kappa shape index (κ2) is 6.67. The van der Waals surface area contributed by atoms with Gasteiger partial charge in [0, 0.05) is 33.3 Å². The van der Waals surface area contributed by atoms with Crippen molar-refractivity contribution in [3.63, 3.8) is 0 Å². The van der Waals surface area contributed by atoms with Gasteiger partial charge in [0.25, 0.3) is 0 Å². The molecule has 2 N–H and O–H groups in total. The maximum atomic E-state index is 11.3. The zero-order valence-corrected chi connectivity index (χ0v) is 14.5. The number of hydrogen-bond donors (Lipinski definition) is 2. The summed E-state index contributed by atoms with van der Waals surface area (Å²) in [6, 6.07) is 1.51. The molecule has 9 nitrogen and oxygen atoms in total. The van der Waals surface area contributed by atoms with Crippen molar-refractivity contribution in [3.05, 3.63) is 17.3 Å². The third-order valence-electron chi connectivity index (χ3n) is 4.08. The molecule has 0 spiro atoms. The van der Waals surface area contributed by atoms with Crippen molar-refractivity contribution in [2.24, 2.45) is 0 Å². The number of amides is 2. The Balaban J connectivity index is 2.00. The van der Waals surface area contributed by atoms with E-state index in [0.29, 0.717) is 41.4 Å². The smallest absolute Gasteiger partial charge is 0.407 e. The number of rotatable bonds is 3. The van der Waals surface area contributed by atoms with Gasteiger partial charge in [-0.15, -0.1) is 0 Å². The third-order valence-corrected chi connectivity index (χ3v) is 4.29. The lowest BCUT2D eigenvalue weighted by atomic mass is 10.2. The molecule has 3 heterocycles. The molecule has 3 rings (SSSR count). The molecule has 1 saturated heterocycles. The summed E-state index contributed by atoms with van der Waals surface area (Å²) in [7, 11) is 1.55. The normalized spacial score (nSPS) is 16.9. The Labute approximate surface area is 148 Å². The summed E-state index contributed by atoms with van der Waals surface area (Å²) in [5.41, 5.74) is 1.06. The molecule has 0 aliphatic carbocycles. The van der Waals surface area contributed by atoms with Gasteiger partial charge in [0.2, 0.25) is 11.9 Å². The van der Waals surface area contributed by atoms with Gasteiger partial charge in [-0.25, -0.2) is 14.8 Å². The number of aromatic nitrogens is 3. The number of pyridine rings is 1. The van der Waals surface area contributed by atoms with Gasteiger partial charge in [-0.3, -0.25) is 10.1 Å². The number of carbonyl (C=O) groups excluding carboxylic acids is 1. The Bertz CT molecular complexity index is 845. The van der Waals surface area contributed by atoms with Crippen LogP contribution < -0.4 is 10.2 Å². The molecule has 2 aromatic rings. The number of likely N-dealkylation sites (N-methyl/N-ethyl adjacent to an activating group) is 1. The van der Waals surface area contributed by atoms with E-state index in [9.17, 15) is 9.59 Å². The Morgan fingerprint density at radius 1 is 1.44 bits per heavy atom. The van der Waals surface area contributed by atoms with Gasteiger partial charge in [-0.1, -0.05) is 11.6 Å². The van der Waals surface area contributed by atoms with Gasteiger partial charge in [0.05, 0.1) is 16.6 Å². The number of nitrogens with zero attached hydrogens (tertiary/aromatic N) is 5.